The van der Waals surface area contributed by atoms with Gasteiger partial charge in [-0.15, -0.1) is 0 Å². The third-order valence-corrected chi connectivity index (χ3v) is 3.02. The smallest absolute Gasteiger partial charge is 0.370 e. The van der Waals surface area contributed by atoms with Crippen LogP contribution in [0.5, 0.6) is 0 Å². The molecular formula is C12H17FN2O6. The number of carbonyl (C=O) groups is 2. The Kier molecular flexibility index (Phi) is 5.79. The third-order valence-electron chi connectivity index (χ3n) is 3.02. The first-order chi connectivity index (χ1) is 9.81. The van der Waals surface area contributed by atoms with E-state index in [0.29, 0.717) is 0 Å². The minimum atomic E-state index is -2.14. The van der Waals surface area contributed by atoms with Crippen LogP contribution in [-0.4, -0.2) is 64.4 Å². The van der Waals surface area contributed by atoms with Gasteiger partial charge in [-0.2, -0.15) is 0 Å². The van der Waals surface area contributed by atoms with Gasteiger partial charge in [0, 0.05) is 19.1 Å². The Balaban J connectivity index is 3.15. The molecule has 118 valence electrons. The minimum Gasteiger partial charge on any atom is -0.478 e. The second kappa shape index (κ2) is 7.14. The number of aliphatic hydroxyl groups is 2. The monoisotopic (exact) mass is 304 g/mol. The number of halogens is 1. The average Bonchev–Trinajstić information content (AvgIpc) is 2.44. The molecule has 0 spiro atoms. The molecule has 0 fully saturated rings. The van der Waals surface area contributed by atoms with E-state index in [0.717, 1.165) is 12.3 Å². The van der Waals surface area contributed by atoms with Crippen molar-refractivity contribution in [1.82, 2.24) is 5.32 Å². The van der Waals surface area contributed by atoms with Gasteiger partial charge >= 0.3 is 5.97 Å². The number of aliphatic carboxylic acids is 1. The lowest BCUT2D eigenvalue weighted by atomic mass is 9.88. The van der Waals surface area contributed by atoms with Crippen molar-refractivity contribution in [2.24, 2.45) is 5.92 Å². The molecule has 0 aliphatic carbocycles. The molecule has 0 aromatic rings. The van der Waals surface area contributed by atoms with E-state index in [-0.39, 0.29) is 0 Å². The first-order valence-electron chi connectivity index (χ1n) is 6.14. The maximum atomic E-state index is 14.1. The number of alkyl halides is 1. The lowest BCUT2D eigenvalue weighted by Gasteiger charge is -2.37. The molecule has 1 amide bonds. The highest BCUT2D eigenvalue weighted by Crippen LogP contribution is 2.27. The molecule has 5 atom stereocenters. The quantitative estimate of drug-likeness (QED) is 0.391. The van der Waals surface area contributed by atoms with Crippen LogP contribution in [-0.2, 0) is 14.3 Å². The molecule has 0 aromatic carbocycles. The van der Waals surface area contributed by atoms with E-state index in [1.54, 1.807) is 0 Å². The molecule has 0 saturated heterocycles. The SMILES string of the molecule is CC(=O)NC1C(C=N)C=C(C(=O)O)OC1C(F)C(O)CO. The maximum absolute atomic E-state index is 14.1. The number of hydrogen-bond acceptors (Lipinski definition) is 6. The Morgan fingerprint density at radius 2 is 2.24 bits per heavy atom. The topological polar surface area (TPSA) is 140 Å². The van der Waals surface area contributed by atoms with Gasteiger partial charge in [-0.3, -0.25) is 4.79 Å². The van der Waals surface area contributed by atoms with Crippen LogP contribution in [0.15, 0.2) is 11.8 Å². The summed E-state index contributed by atoms with van der Waals surface area (Å²) in [4.78, 5) is 22.1. The normalized spacial score (nSPS) is 27.8. The second-order valence-electron chi connectivity index (χ2n) is 4.58. The molecule has 0 aromatic heterocycles. The third kappa shape index (κ3) is 3.99. The molecule has 1 rings (SSSR count). The number of carbonyl (C=O) groups excluding carboxylic acids is 1. The number of amides is 1. The molecule has 0 bridgehead atoms. The zero-order chi connectivity index (χ0) is 16.2. The van der Waals surface area contributed by atoms with Gasteiger partial charge in [0.15, 0.2) is 12.3 Å². The van der Waals surface area contributed by atoms with Gasteiger partial charge in [-0.1, -0.05) is 0 Å². The fourth-order valence-electron chi connectivity index (χ4n) is 2.03. The number of aliphatic hydroxyl groups excluding tert-OH is 2. The van der Waals surface area contributed by atoms with Crippen LogP contribution in [0.3, 0.4) is 0 Å². The van der Waals surface area contributed by atoms with Crippen molar-refractivity contribution in [3.63, 3.8) is 0 Å². The van der Waals surface area contributed by atoms with Gasteiger partial charge in [0.1, 0.15) is 6.10 Å². The Bertz CT molecular complexity index is 455. The van der Waals surface area contributed by atoms with E-state index >= 15 is 0 Å². The van der Waals surface area contributed by atoms with Crippen molar-refractivity contribution >= 4 is 18.1 Å². The number of nitrogens with one attached hydrogen (secondary N) is 2. The van der Waals surface area contributed by atoms with E-state index < -0.39 is 54.6 Å². The zero-order valence-electron chi connectivity index (χ0n) is 11.2. The summed E-state index contributed by atoms with van der Waals surface area (Å²) in [6.45, 7) is 0.277. The number of carboxylic acids is 1. The number of carboxylic acid groups (broad SMARTS) is 1. The first-order valence-corrected chi connectivity index (χ1v) is 6.14. The largest absolute Gasteiger partial charge is 0.478 e. The summed E-state index contributed by atoms with van der Waals surface area (Å²) in [5.74, 6) is -3.48. The molecule has 0 radical (unpaired) electrons. The summed E-state index contributed by atoms with van der Waals surface area (Å²) in [6.07, 6.45) is -3.57. The fraction of sp³-hybridized carbons (Fsp3) is 0.583. The lowest BCUT2D eigenvalue weighted by Crippen LogP contribution is -2.57. The molecule has 8 nitrogen and oxygen atoms in total. The molecule has 21 heavy (non-hydrogen) atoms. The standard InChI is InChI=1S/C12H17FN2O6/c1-5(17)15-10-6(3-14)2-8(12(19)20)21-11(10)9(13)7(18)4-16/h2-3,6-7,9-11,14,16,18H,4H2,1H3,(H,15,17)(H,19,20). The highest BCUT2D eigenvalue weighted by atomic mass is 19.1. The van der Waals surface area contributed by atoms with Crippen molar-refractivity contribution in [2.45, 2.75) is 31.3 Å². The highest BCUT2D eigenvalue weighted by Gasteiger charge is 2.43. The van der Waals surface area contributed by atoms with E-state index in [1.807, 2.05) is 0 Å². The summed E-state index contributed by atoms with van der Waals surface area (Å²) >= 11 is 0. The van der Waals surface area contributed by atoms with E-state index in [2.05, 4.69) is 5.32 Å². The molecule has 1 aliphatic rings. The van der Waals surface area contributed by atoms with Crippen LogP contribution in [0.25, 0.3) is 0 Å². The van der Waals surface area contributed by atoms with Gasteiger partial charge in [0.05, 0.1) is 12.6 Å². The van der Waals surface area contributed by atoms with Crippen molar-refractivity contribution in [3.8, 4) is 0 Å². The van der Waals surface area contributed by atoms with Gasteiger partial charge in [0.25, 0.3) is 0 Å². The zero-order valence-corrected chi connectivity index (χ0v) is 11.2. The van der Waals surface area contributed by atoms with Crippen LogP contribution < -0.4 is 5.32 Å². The molecular weight excluding hydrogens is 287 g/mol. The van der Waals surface area contributed by atoms with Gasteiger partial charge in [-0.25, -0.2) is 9.18 Å². The van der Waals surface area contributed by atoms with Crippen LogP contribution >= 0.6 is 0 Å². The Hall–Kier alpha value is -2.00. The number of ether oxygens (including phenoxy) is 1. The summed E-state index contributed by atoms with van der Waals surface area (Å²) in [5, 5.41) is 36.7. The molecule has 9 heteroatoms. The Morgan fingerprint density at radius 1 is 1.62 bits per heavy atom. The van der Waals surface area contributed by atoms with Gasteiger partial charge in [-0.05, 0) is 6.08 Å². The van der Waals surface area contributed by atoms with Crippen LogP contribution in [0.2, 0.25) is 0 Å². The van der Waals surface area contributed by atoms with Crippen molar-refractivity contribution in [3.05, 3.63) is 11.8 Å². The highest BCUT2D eigenvalue weighted by molar-refractivity contribution is 5.86. The second-order valence-corrected chi connectivity index (χ2v) is 4.58. The molecule has 1 heterocycles. The number of hydrogen-bond donors (Lipinski definition) is 5. The minimum absolute atomic E-state index is 0.529. The summed E-state index contributed by atoms with van der Waals surface area (Å²) in [7, 11) is 0. The molecule has 0 saturated carbocycles. The summed E-state index contributed by atoms with van der Waals surface area (Å²) in [5.41, 5.74) is 0. The molecule has 5 N–H and O–H groups in total. The fourth-order valence-corrected chi connectivity index (χ4v) is 2.03. The van der Waals surface area contributed by atoms with Crippen molar-refractivity contribution in [2.75, 3.05) is 6.61 Å². The Labute approximate surface area is 119 Å². The van der Waals surface area contributed by atoms with E-state index in [1.165, 1.54) is 6.92 Å². The predicted octanol–water partition coefficient (Wildman–Crippen LogP) is -1.18. The molecule has 5 unspecified atom stereocenters. The summed E-state index contributed by atoms with van der Waals surface area (Å²) in [6, 6.07) is -1.07. The first kappa shape index (κ1) is 17.1. The lowest BCUT2D eigenvalue weighted by molar-refractivity contribution is -0.142. The van der Waals surface area contributed by atoms with Crippen LogP contribution in [0.4, 0.5) is 4.39 Å². The van der Waals surface area contributed by atoms with Crippen molar-refractivity contribution in [1.29, 1.82) is 5.41 Å². The average molecular weight is 304 g/mol. The number of rotatable bonds is 6. The van der Waals surface area contributed by atoms with E-state index in [9.17, 15) is 19.1 Å². The van der Waals surface area contributed by atoms with Gasteiger partial charge < -0.3 is 30.8 Å². The van der Waals surface area contributed by atoms with Crippen LogP contribution in [0.1, 0.15) is 6.92 Å². The molecule has 1 aliphatic heterocycles. The van der Waals surface area contributed by atoms with Gasteiger partial charge in [0.2, 0.25) is 11.7 Å². The Morgan fingerprint density at radius 3 is 2.67 bits per heavy atom. The maximum Gasteiger partial charge on any atom is 0.370 e. The summed E-state index contributed by atoms with van der Waals surface area (Å²) < 4.78 is 19.1. The predicted molar refractivity (Wildman–Crippen MR) is 68.5 cm³/mol. The van der Waals surface area contributed by atoms with Crippen molar-refractivity contribution < 1.29 is 34.0 Å². The van der Waals surface area contributed by atoms with Crippen LogP contribution in [0, 0.1) is 11.3 Å². The van der Waals surface area contributed by atoms with E-state index in [4.69, 9.17) is 20.4 Å².